The van der Waals surface area contributed by atoms with Crippen molar-refractivity contribution in [2.75, 3.05) is 18.0 Å². The molecule has 2 fully saturated rings. The van der Waals surface area contributed by atoms with Gasteiger partial charge >= 0.3 is 0 Å². The lowest BCUT2D eigenvalue weighted by molar-refractivity contribution is 0.223. The van der Waals surface area contributed by atoms with Crippen molar-refractivity contribution in [3.63, 3.8) is 0 Å². The van der Waals surface area contributed by atoms with E-state index in [1.54, 1.807) is 0 Å². The minimum absolute atomic E-state index is 0.164. The first kappa shape index (κ1) is 18.8. The highest BCUT2D eigenvalue weighted by atomic mass is 35.5. The predicted molar refractivity (Wildman–Crippen MR) is 112 cm³/mol. The first-order valence-electron chi connectivity index (χ1n) is 9.06. The number of aliphatic imine (C=N–C) groups is 1. The van der Waals surface area contributed by atoms with Crippen LogP contribution in [0.2, 0.25) is 5.02 Å². The van der Waals surface area contributed by atoms with Gasteiger partial charge in [0.05, 0.1) is 27.3 Å². The van der Waals surface area contributed by atoms with Crippen LogP contribution in [-0.4, -0.2) is 40.4 Å². The average molecular weight is 378 g/mol. The fraction of sp³-hybridized carbons (Fsp3) is 0.600. The van der Waals surface area contributed by atoms with E-state index in [0.29, 0.717) is 5.02 Å². The molecule has 2 aliphatic heterocycles. The summed E-state index contributed by atoms with van der Waals surface area (Å²) in [5, 5.41) is 0.712. The molecule has 1 atom stereocenters. The first-order chi connectivity index (χ1) is 11.6. The number of likely N-dealkylation sites (tertiary alicyclic amines) is 1. The Kier molecular flexibility index (Phi) is 5.00. The molecule has 1 unspecified atom stereocenters. The van der Waals surface area contributed by atoms with Gasteiger partial charge in [-0.25, -0.2) is 0 Å². The van der Waals surface area contributed by atoms with Gasteiger partial charge in [0.25, 0.3) is 0 Å². The number of anilines is 1. The van der Waals surface area contributed by atoms with Crippen molar-refractivity contribution in [3.8, 4) is 0 Å². The Bertz CT molecular complexity index is 699. The number of hydrogen-bond acceptors (Lipinski definition) is 3. The van der Waals surface area contributed by atoms with Gasteiger partial charge in [-0.15, -0.1) is 0 Å². The molecule has 0 radical (unpaired) electrons. The van der Waals surface area contributed by atoms with Crippen LogP contribution in [0.25, 0.3) is 0 Å². The Hall–Kier alpha value is -0.970. The molecule has 3 rings (SSSR count). The number of amidine groups is 1. The minimum atomic E-state index is -0.178. The summed E-state index contributed by atoms with van der Waals surface area (Å²) in [6, 6.07) is 8.11. The molecule has 0 N–H and O–H groups in total. The van der Waals surface area contributed by atoms with Crippen molar-refractivity contribution in [2.45, 2.75) is 59.0 Å². The summed E-state index contributed by atoms with van der Waals surface area (Å²) in [7, 11) is 0. The molecule has 2 heterocycles. The largest absolute Gasteiger partial charge is 0.293 e. The van der Waals surface area contributed by atoms with Gasteiger partial charge in [-0.1, -0.05) is 49.8 Å². The monoisotopic (exact) mass is 377 g/mol. The summed E-state index contributed by atoms with van der Waals surface area (Å²) in [6.45, 7) is 13.1. The summed E-state index contributed by atoms with van der Waals surface area (Å²) in [5.74, 6) is 1.04. The Balaban J connectivity index is 2.17. The standard InChI is InChI=1S/C20H28ClN3S/c1-19(2,3)22-17-16(23-12-8-9-13-23)20(4,5)18(25)24(17)15-11-7-6-10-14(15)21/h6-7,10-11,16H,8-9,12-13H2,1-5H3. The zero-order valence-electron chi connectivity index (χ0n) is 15.8. The molecule has 25 heavy (non-hydrogen) atoms. The summed E-state index contributed by atoms with van der Waals surface area (Å²) in [6.07, 6.45) is 2.49. The summed E-state index contributed by atoms with van der Waals surface area (Å²) in [5.41, 5.74) is 0.595. The number of thiocarbonyl (C=S) groups is 1. The van der Waals surface area contributed by atoms with Crippen molar-refractivity contribution < 1.29 is 0 Å². The molecule has 3 nitrogen and oxygen atoms in total. The Morgan fingerprint density at radius 1 is 1.16 bits per heavy atom. The van der Waals surface area contributed by atoms with Crippen LogP contribution in [0.15, 0.2) is 29.3 Å². The van der Waals surface area contributed by atoms with E-state index in [9.17, 15) is 0 Å². The van der Waals surface area contributed by atoms with Crippen molar-refractivity contribution in [1.29, 1.82) is 0 Å². The van der Waals surface area contributed by atoms with E-state index in [1.165, 1.54) is 12.8 Å². The normalized spacial score (nSPS) is 26.0. The van der Waals surface area contributed by atoms with Crippen LogP contribution in [0.5, 0.6) is 0 Å². The lowest BCUT2D eigenvalue weighted by Gasteiger charge is -2.33. The van der Waals surface area contributed by atoms with Gasteiger partial charge in [0.15, 0.2) is 0 Å². The van der Waals surface area contributed by atoms with Gasteiger partial charge in [0.1, 0.15) is 5.84 Å². The molecule has 2 aliphatic rings. The van der Waals surface area contributed by atoms with E-state index >= 15 is 0 Å². The maximum Gasteiger partial charge on any atom is 0.127 e. The molecule has 0 amide bonds. The van der Waals surface area contributed by atoms with Gasteiger partial charge in [-0.2, -0.15) is 0 Å². The fourth-order valence-corrected chi connectivity index (χ4v) is 4.42. The van der Waals surface area contributed by atoms with E-state index in [4.69, 9.17) is 28.8 Å². The van der Waals surface area contributed by atoms with Crippen molar-refractivity contribution in [2.24, 2.45) is 10.4 Å². The smallest absolute Gasteiger partial charge is 0.127 e. The second-order valence-electron chi connectivity index (χ2n) is 8.60. The Morgan fingerprint density at radius 2 is 1.76 bits per heavy atom. The molecule has 0 aromatic heterocycles. The molecule has 5 heteroatoms. The predicted octanol–water partition coefficient (Wildman–Crippen LogP) is 5.18. The maximum absolute atomic E-state index is 6.54. The molecule has 1 aromatic carbocycles. The zero-order chi connectivity index (χ0) is 18.4. The number of halogens is 1. The third kappa shape index (κ3) is 3.49. The second kappa shape index (κ2) is 6.64. The van der Waals surface area contributed by atoms with Crippen LogP contribution in [0.1, 0.15) is 47.5 Å². The third-order valence-corrected chi connectivity index (χ3v) is 5.99. The summed E-state index contributed by atoms with van der Waals surface area (Å²) >= 11 is 12.5. The first-order valence-corrected chi connectivity index (χ1v) is 9.84. The van der Waals surface area contributed by atoms with Crippen molar-refractivity contribution >= 4 is 40.3 Å². The summed E-state index contributed by atoms with van der Waals surface area (Å²) < 4.78 is 0. The topological polar surface area (TPSA) is 18.8 Å². The van der Waals surface area contributed by atoms with E-state index in [2.05, 4.69) is 44.4 Å². The summed E-state index contributed by atoms with van der Waals surface area (Å²) in [4.78, 5) is 10.7. The molecule has 0 spiro atoms. The van der Waals surface area contributed by atoms with Crippen LogP contribution in [0.3, 0.4) is 0 Å². The van der Waals surface area contributed by atoms with Crippen LogP contribution >= 0.6 is 23.8 Å². The van der Waals surface area contributed by atoms with Gasteiger partial charge in [-0.3, -0.25) is 14.8 Å². The van der Waals surface area contributed by atoms with Crippen LogP contribution in [0, 0.1) is 5.41 Å². The maximum atomic E-state index is 6.54. The molecule has 1 aromatic rings. The lowest BCUT2D eigenvalue weighted by Crippen LogP contribution is -2.47. The number of benzene rings is 1. The van der Waals surface area contributed by atoms with Gasteiger partial charge < -0.3 is 0 Å². The van der Waals surface area contributed by atoms with Gasteiger partial charge in [0, 0.05) is 5.41 Å². The molecule has 136 valence electrons. The molecule has 0 saturated carbocycles. The molecular weight excluding hydrogens is 350 g/mol. The van der Waals surface area contributed by atoms with E-state index in [1.807, 2.05) is 24.3 Å². The van der Waals surface area contributed by atoms with Gasteiger partial charge in [-0.05, 0) is 58.8 Å². The van der Waals surface area contributed by atoms with Crippen LogP contribution in [-0.2, 0) is 0 Å². The van der Waals surface area contributed by atoms with Crippen molar-refractivity contribution in [3.05, 3.63) is 29.3 Å². The number of hydrogen-bond donors (Lipinski definition) is 0. The Morgan fingerprint density at radius 3 is 2.32 bits per heavy atom. The number of rotatable bonds is 2. The van der Waals surface area contributed by atoms with E-state index in [0.717, 1.165) is 29.6 Å². The quantitative estimate of drug-likeness (QED) is 0.662. The Labute approximate surface area is 162 Å². The second-order valence-corrected chi connectivity index (χ2v) is 9.39. The van der Waals surface area contributed by atoms with Crippen molar-refractivity contribution in [1.82, 2.24) is 4.90 Å². The van der Waals surface area contributed by atoms with E-state index < -0.39 is 0 Å². The highest BCUT2D eigenvalue weighted by Gasteiger charge is 2.53. The van der Waals surface area contributed by atoms with E-state index in [-0.39, 0.29) is 17.0 Å². The van der Waals surface area contributed by atoms with Crippen LogP contribution in [0.4, 0.5) is 5.69 Å². The molecule has 2 saturated heterocycles. The SMILES string of the molecule is CC(C)(C)N=C1C(N2CCCC2)C(C)(C)C(=S)N1c1ccccc1Cl. The highest BCUT2D eigenvalue weighted by molar-refractivity contribution is 7.80. The lowest BCUT2D eigenvalue weighted by atomic mass is 9.86. The zero-order valence-corrected chi connectivity index (χ0v) is 17.4. The highest BCUT2D eigenvalue weighted by Crippen LogP contribution is 2.43. The number of nitrogens with zero attached hydrogens (tertiary/aromatic N) is 3. The van der Waals surface area contributed by atoms with Crippen LogP contribution < -0.4 is 4.90 Å². The minimum Gasteiger partial charge on any atom is -0.293 e. The number of para-hydroxylation sites is 1. The van der Waals surface area contributed by atoms with Gasteiger partial charge in [0.2, 0.25) is 0 Å². The fourth-order valence-electron chi connectivity index (χ4n) is 3.89. The molecule has 0 aliphatic carbocycles. The average Bonchev–Trinajstić information content (AvgIpc) is 3.06. The molecular formula is C20H28ClN3S. The molecule has 0 bridgehead atoms. The third-order valence-electron chi connectivity index (χ3n) is 4.96.